The number of halogens is 1. The van der Waals surface area contributed by atoms with Crippen LogP contribution in [0.25, 0.3) is 0 Å². The molecule has 2 rings (SSSR count). The van der Waals surface area contributed by atoms with Gasteiger partial charge in [0, 0.05) is 16.9 Å². The lowest BCUT2D eigenvalue weighted by Crippen LogP contribution is -2.31. The molecule has 0 fully saturated rings. The van der Waals surface area contributed by atoms with Crippen LogP contribution in [0.1, 0.15) is 48.3 Å². The van der Waals surface area contributed by atoms with Gasteiger partial charge in [-0.1, -0.05) is 45.0 Å². The zero-order chi connectivity index (χ0) is 16.1. The first-order chi connectivity index (χ1) is 10.5. The van der Waals surface area contributed by atoms with Gasteiger partial charge in [-0.3, -0.25) is 9.78 Å². The molecule has 4 heteroatoms. The second-order valence-corrected chi connectivity index (χ2v) is 6.60. The summed E-state index contributed by atoms with van der Waals surface area (Å²) >= 11 is 3.34. The van der Waals surface area contributed by atoms with Crippen LogP contribution in [0.5, 0.6) is 0 Å². The van der Waals surface area contributed by atoms with Gasteiger partial charge in [-0.25, -0.2) is 0 Å². The van der Waals surface area contributed by atoms with E-state index in [2.05, 4.69) is 71.3 Å². The molecule has 1 amide bonds. The minimum Gasteiger partial charge on any atom is -0.345 e. The molecule has 0 radical (unpaired) electrons. The number of aromatic nitrogens is 1. The first-order valence-corrected chi connectivity index (χ1v) is 8.30. The van der Waals surface area contributed by atoms with E-state index in [1.54, 1.807) is 18.5 Å². The largest absolute Gasteiger partial charge is 0.345 e. The van der Waals surface area contributed by atoms with Crippen molar-refractivity contribution in [3.63, 3.8) is 0 Å². The highest BCUT2D eigenvalue weighted by atomic mass is 79.9. The number of nitrogens with one attached hydrogen (secondary N) is 1. The van der Waals surface area contributed by atoms with E-state index in [0.717, 1.165) is 16.5 Å². The molecule has 1 N–H and O–H groups in total. The highest BCUT2D eigenvalue weighted by Crippen LogP contribution is 2.23. The molecular formula is C18H21BrN2O. The fraction of sp³-hybridized carbons (Fsp3) is 0.333. The summed E-state index contributed by atoms with van der Waals surface area (Å²) in [6, 6.07) is 10.2. The molecule has 0 aliphatic carbocycles. The van der Waals surface area contributed by atoms with Gasteiger partial charge < -0.3 is 5.32 Å². The molecule has 22 heavy (non-hydrogen) atoms. The second kappa shape index (κ2) is 7.54. The van der Waals surface area contributed by atoms with Gasteiger partial charge in [0.2, 0.25) is 0 Å². The normalized spacial score (nSPS) is 12.2. The average molecular weight is 361 g/mol. The summed E-state index contributed by atoms with van der Waals surface area (Å²) < 4.78 is 0.800. The Morgan fingerprint density at radius 2 is 1.91 bits per heavy atom. The van der Waals surface area contributed by atoms with Gasteiger partial charge in [-0.15, -0.1) is 0 Å². The van der Waals surface area contributed by atoms with E-state index in [1.165, 1.54) is 5.56 Å². The lowest BCUT2D eigenvalue weighted by molar-refractivity contribution is 0.0925. The summed E-state index contributed by atoms with van der Waals surface area (Å²) in [7, 11) is 0. The predicted molar refractivity (Wildman–Crippen MR) is 92.8 cm³/mol. The molecule has 1 atom stereocenters. The van der Waals surface area contributed by atoms with Crippen molar-refractivity contribution in [2.75, 3.05) is 0 Å². The van der Waals surface area contributed by atoms with Gasteiger partial charge >= 0.3 is 0 Å². The van der Waals surface area contributed by atoms with E-state index in [0.29, 0.717) is 11.5 Å². The molecule has 1 aromatic carbocycles. The van der Waals surface area contributed by atoms with Gasteiger partial charge in [-0.05, 0) is 45.5 Å². The Morgan fingerprint density at radius 1 is 1.23 bits per heavy atom. The summed E-state index contributed by atoms with van der Waals surface area (Å²) in [4.78, 5) is 16.5. The van der Waals surface area contributed by atoms with Crippen LogP contribution in [0, 0.1) is 5.92 Å². The molecule has 0 aliphatic heterocycles. The van der Waals surface area contributed by atoms with Crippen LogP contribution in [-0.4, -0.2) is 10.9 Å². The van der Waals surface area contributed by atoms with Crippen LogP contribution in [0.4, 0.5) is 0 Å². The smallest absolute Gasteiger partial charge is 0.253 e. The Bertz CT molecular complexity index is 638. The van der Waals surface area contributed by atoms with Crippen molar-refractivity contribution in [3.8, 4) is 0 Å². The van der Waals surface area contributed by atoms with E-state index in [9.17, 15) is 4.79 Å². The van der Waals surface area contributed by atoms with Crippen LogP contribution in [-0.2, 0) is 6.42 Å². The minimum atomic E-state index is -0.105. The summed E-state index contributed by atoms with van der Waals surface area (Å²) in [6.07, 6.45) is 4.26. The quantitative estimate of drug-likeness (QED) is 0.850. The molecule has 0 spiro atoms. The monoisotopic (exact) mass is 360 g/mol. The molecule has 0 aliphatic rings. The van der Waals surface area contributed by atoms with Gasteiger partial charge in [0.1, 0.15) is 0 Å². The van der Waals surface area contributed by atoms with Crippen LogP contribution < -0.4 is 5.32 Å². The fourth-order valence-corrected chi connectivity index (χ4v) is 2.72. The molecule has 3 nitrogen and oxygen atoms in total. The lowest BCUT2D eigenvalue weighted by atomic mass is 9.94. The predicted octanol–water partition coefficient (Wildman–Crippen LogP) is 4.53. The summed E-state index contributed by atoms with van der Waals surface area (Å²) in [5.74, 6) is 0.198. The van der Waals surface area contributed by atoms with E-state index in [-0.39, 0.29) is 11.9 Å². The summed E-state index contributed by atoms with van der Waals surface area (Å²) in [5, 5.41) is 3.11. The van der Waals surface area contributed by atoms with Gasteiger partial charge in [-0.2, -0.15) is 0 Å². The number of aryl methyl sites for hydroxylation is 1. The third kappa shape index (κ3) is 4.17. The van der Waals surface area contributed by atoms with Crippen molar-refractivity contribution in [1.82, 2.24) is 10.3 Å². The fourth-order valence-electron chi connectivity index (χ4n) is 2.36. The van der Waals surface area contributed by atoms with E-state index >= 15 is 0 Å². The topological polar surface area (TPSA) is 42.0 Å². The van der Waals surface area contributed by atoms with Crippen molar-refractivity contribution in [1.29, 1.82) is 0 Å². The third-order valence-corrected chi connectivity index (χ3v) is 4.10. The van der Waals surface area contributed by atoms with Crippen molar-refractivity contribution >= 4 is 21.8 Å². The molecule has 0 bridgehead atoms. The average Bonchev–Trinajstić information content (AvgIpc) is 2.52. The number of amides is 1. The van der Waals surface area contributed by atoms with E-state index in [1.807, 2.05) is 0 Å². The van der Waals surface area contributed by atoms with Gasteiger partial charge in [0.05, 0.1) is 11.6 Å². The van der Waals surface area contributed by atoms with E-state index in [4.69, 9.17) is 0 Å². The number of hydrogen-bond donors (Lipinski definition) is 1. The van der Waals surface area contributed by atoms with Crippen LogP contribution in [0.15, 0.2) is 47.2 Å². The molecule has 1 aromatic heterocycles. The number of hydrogen-bond acceptors (Lipinski definition) is 2. The van der Waals surface area contributed by atoms with Crippen LogP contribution >= 0.6 is 15.9 Å². The van der Waals surface area contributed by atoms with Crippen LogP contribution in [0.2, 0.25) is 0 Å². The van der Waals surface area contributed by atoms with Crippen molar-refractivity contribution in [2.24, 2.45) is 5.92 Å². The van der Waals surface area contributed by atoms with Crippen molar-refractivity contribution in [2.45, 2.75) is 33.2 Å². The minimum absolute atomic E-state index is 0.0163. The first kappa shape index (κ1) is 16.7. The number of pyridine rings is 1. The Morgan fingerprint density at radius 3 is 2.45 bits per heavy atom. The first-order valence-electron chi connectivity index (χ1n) is 7.51. The molecule has 0 saturated heterocycles. The highest BCUT2D eigenvalue weighted by Gasteiger charge is 2.19. The number of carbonyl (C=O) groups is 1. The Hall–Kier alpha value is -1.68. The summed E-state index contributed by atoms with van der Waals surface area (Å²) in [5.41, 5.74) is 2.99. The molecule has 116 valence electrons. The zero-order valence-corrected chi connectivity index (χ0v) is 14.7. The number of rotatable bonds is 5. The molecule has 0 saturated carbocycles. The molecule has 2 aromatic rings. The molecule has 1 unspecified atom stereocenters. The Labute approximate surface area is 140 Å². The number of carbonyl (C=O) groups excluding carboxylic acids is 1. The summed E-state index contributed by atoms with van der Waals surface area (Å²) in [6.45, 7) is 6.35. The SMILES string of the molecule is CCc1ccc(C(NC(=O)c2cncc(Br)c2)C(C)C)cc1. The highest BCUT2D eigenvalue weighted by molar-refractivity contribution is 9.10. The van der Waals surface area contributed by atoms with Gasteiger partial charge in [0.15, 0.2) is 0 Å². The number of benzene rings is 1. The maximum Gasteiger partial charge on any atom is 0.253 e. The number of nitrogens with zero attached hydrogens (tertiary/aromatic N) is 1. The van der Waals surface area contributed by atoms with Crippen LogP contribution in [0.3, 0.4) is 0 Å². The van der Waals surface area contributed by atoms with E-state index < -0.39 is 0 Å². The second-order valence-electron chi connectivity index (χ2n) is 5.68. The zero-order valence-electron chi connectivity index (χ0n) is 13.1. The maximum atomic E-state index is 12.4. The van der Waals surface area contributed by atoms with Crippen molar-refractivity contribution in [3.05, 3.63) is 63.9 Å². The Balaban J connectivity index is 2.19. The lowest BCUT2D eigenvalue weighted by Gasteiger charge is -2.23. The third-order valence-electron chi connectivity index (χ3n) is 3.67. The molecular weight excluding hydrogens is 340 g/mol. The maximum absolute atomic E-state index is 12.4. The van der Waals surface area contributed by atoms with Crippen molar-refractivity contribution < 1.29 is 4.79 Å². The van der Waals surface area contributed by atoms with Gasteiger partial charge in [0.25, 0.3) is 5.91 Å². The standard InChI is InChI=1S/C18H21BrN2O/c1-4-13-5-7-14(8-6-13)17(12(2)3)21-18(22)15-9-16(19)11-20-10-15/h5-12,17H,4H2,1-3H3,(H,21,22). The molecule has 1 heterocycles. The Kier molecular flexibility index (Phi) is 5.72.